The second-order valence-corrected chi connectivity index (χ2v) is 7.20. The van der Waals surface area contributed by atoms with Gasteiger partial charge in [-0.05, 0) is 71.0 Å². The van der Waals surface area contributed by atoms with E-state index in [0.717, 1.165) is 25.6 Å². The van der Waals surface area contributed by atoms with Crippen LogP contribution < -0.4 is 10.6 Å². The average Bonchev–Trinajstić information content (AvgIpc) is 3.33. The first-order valence-electron chi connectivity index (χ1n) is 9.02. The van der Waals surface area contributed by atoms with Gasteiger partial charge < -0.3 is 10.6 Å². The second kappa shape index (κ2) is 7.10. The molecular formula is C17H31N3O. The van der Waals surface area contributed by atoms with Crippen LogP contribution >= 0.6 is 0 Å². The molecule has 120 valence electrons. The van der Waals surface area contributed by atoms with Crippen LogP contribution in [-0.4, -0.2) is 48.6 Å². The minimum atomic E-state index is 0.0450. The highest BCUT2D eigenvalue weighted by Gasteiger charge is 2.35. The third-order valence-electron chi connectivity index (χ3n) is 5.57. The Kier molecular flexibility index (Phi) is 5.17. The van der Waals surface area contributed by atoms with Gasteiger partial charge in [0.1, 0.15) is 0 Å². The summed E-state index contributed by atoms with van der Waals surface area (Å²) in [4.78, 5) is 15.0. The van der Waals surface area contributed by atoms with E-state index in [2.05, 4.69) is 22.5 Å². The lowest BCUT2D eigenvalue weighted by molar-refractivity contribution is -0.127. The zero-order valence-electron chi connectivity index (χ0n) is 13.4. The van der Waals surface area contributed by atoms with E-state index in [4.69, 9.17) is 0 Å². The minimum absolute atomic E-state index is 0.0450. The molecule has 2 saturated heterocycles. The number of likely N-dealkylation sites (tertiary alicyclic amines) is 1. The van der Waals surface area contributed by atoms with Crippen molar-refractivity contribution >= 4 is 5.91 Å². The van der Waals surface area contributed by atoms with Gasteiger partial charge in [0, 0.05) is 12.1 Å². The molecule has 0 spiro atoms. The van der Waals surface area contributed by atoms with Gasteiger partial charge >= 0.3 is 0 Å². The highest BCUT2D eigenvalue weighted by Crippen LogP contribution is 2.30. The number of hydrogen-bond donors (Lipinski definition) is 2. The fraction of sp³-hybridized carbons (Fsp3) is 0.941. The molecule has 0 aromatic carbocycles. The number of nitrogens with one attached hydrogen (secondary N) is 2. The highest BCUT2D eigenvalue weighted by atomic mass is 16.2. The monoisotopic (exact) mass is 293 g/mol. The SMILES string of the molecule is CC(C(=O)NC1CC1)N1CCCCCC1C1CCNCC1. The largest absolute Gasteiger partial charge is 0.352 e. The Hall–Kier alpha value is -0.610. The van der Waals surface area contributed by atoms with E-state index >= 15 is 0 Å². The molecule has 0 radical (unpaired) electrons. The van der Waals surface area contributed by atoms with Crippen LogP contribution in [0.25, 0.3) is 0 Å². The van der Waals surface area contributed by atoms with Crippen molar-refractivity contribution in [2.24, 2.45) is 5.92 Å². The van der Waals surface area contributed by atoms with Gasteiger partial charge in [-0.15, -0.1) is 0 Å². The maximum absolute atomic E-state index is 12.5. The summed E-state index contributed by atoms with van der Waals surface area (Å²) in [6.45, 7) is 5.53. The third kappa shape index (κ3) is 3.98. The van der Waals surface area contributed by atoms with E-state index in [9.17, 15) is 4.79 Å². The summed E-state index contributed by atoms with van der Waals surface area (Å²) in [7, 11) is 0. The van der Waals surface area contributed by atoms with Crippen molar-refractivity contribution in [1.82, 2.24) is 15.5 Å². The second-order valence-electron chi connectivity index (χ2n) is 7.20. The molecule has 3 aliphatic rings. The first kappa shape index (κ1) is 15.3. The van der Waals surface area contributed by atoms with Crippen LogP contribution in [0.2, 0.25) is 0 Å². The number of hydrogen-bond acceptors (Lipinski definition) is 3. The van der Waals surface area contributed by atoms with Crippen molar-refractivity contribution in [3.63, 3.8) is 0 Å². The van der Waals surface area contributed by atoms with Gasteiger partial charge in [0.15, 0.2) is 0 Å². The molecule has 0 aromatic heterocycles. The minimum Gasteiger partial charge on any atom is -0.352 e. The topological polar surface area (TPSA) is 44.4 Å². The van der Waals surface area contributed by atoms with Crippen LogP contribution in [0.1, 0.15) is 58.3 Å². The summed E-state index contributed by atoms with van der Waals surface area (Å²) in [5.41, 5.74) is 0. The van der Waals surface area contributed by atoms with E-state index in [0.29, 0.717) is 12.1 Å². The predicted octanol–water partition coefficient (Wildman–Crippen LogP) is 1.90. The lowest BCUT2D eigenvalue weighted by Gasteiger charge is -2.40. The summed E-state index contributed by atoms with van der Waals surface area (Å²) < 4.78 is 0. The Bertz CT molecular complexity index is 350. The van der Waals surface area contributed by atoms with Crippen molar-refractivity contribution in [3.8, 4) is 0 Å². The molecule has 21 heavy (non-hydrogen) atoms. The smallest absolute Gasteiger partial charge is 0.237 e. The molecule has 4 nitrogen and oxygen atoms in total. The molecule has 2 aliphatic heterocycles. The summed E-state index contributed by atoms with van der Waals surface area (Å²) in [5.74, 6) is 1.04. The third-order valence-corrected chi connectivity index (χ3v) is 5.57. The molecule has 0 bridgehead atoms. The Labute approximate surface area is 129 Å². The zero-order valence-corrected chi connectivity index (χ0v) is 13.4. The van der Waals surface area contributed by atoms with E-state index < -0.39 is 0 Å². The molecule has 2 atom stereocenters. The maximum atomic E-state index is 12.5. The predicted molar refractivity (Wildman–Crippen MR) is 85.2 cm³/mol. The van der Waals surface area contributed by atoms with Gasteiger partial charge in [-0.2, -0.15) is 0 Å². The number of carbonyl (C=O) groups excluding carboxylic acids is 1. The summed E-state index contributed by atoms with van der Waals surface area (Å²) >= 11 is 0. The van der Waals surface area contributed by atoms with E-state index in [1.54, 1.807) is 0 Å². The molecule has 3 fully saturated rings. The fourth-order valence-electron chi connectivity index (χ4n) is 4.07. The number of nitrogens with zero attached hydrogens (tertiary/aromatic N) is 1. The van der Waals surface area contributed by atoms with Crippen LogP contribution in [0.5, 0.6) is 0 Å². The highest BCUT2D eigenvalue weighted by molar-refractivity contribution is 5.81. The summed E-state index contributed by atoms with van der Waals surface area (Å²) in [6.07, 6.45) is 10.1. The first-order chi connectivity index (χ1) is 10.3. The fourth-order valence-corrected chi connectivity index (χ4v) is 4.07. The van der Waals surface area contributed by atoms with E-state index in [-0.39, 0.29) is 11.9 Å². The molecule has 0 aromatic rings. The van der Waals surface area contributed by atoms with Crippen molar-refractivity contribution < 1.29 is 4.79 Å². The Morgan fingerprint density at radius 3 is 2.57 bits per heavy atom. The Morgan fingerprint density at radius 1 is 1.10 bits per heavy atom. The summed E-state index contributed by atoms with van der Waals surface area (Å²) in [6, 6.07) is 1.14. The zero-order chi connectivity index (χ0) is 14.7. The number of piperidine rings is 1. The normalized spacial score (nSPS) is 30.6. The van der Waals surface area contributed by atoms with Crippen LogP contribution in [-0.2, 0) is 4.79 Å². The van der Waals surface area contributed by atoms with Crippen molar-refractivity contribution in [1.29, 1.82) is 0 Å². The first-order valence-corrected chi connectivity index (χ1v) is 9.02. The average molecular weight is 293 g/mol. The van der Waals surface area contributed by atoms with Crippen molar-refractivity contribution in [2.75, 3.05) is 19.6 Å². The van der Waals surface area contributed by atoms with E-state index in [1.165, 1.54) is 51.4 Å². The number of carbonyl (C=O) groups is 1. The van der Waals surface area contributed by atoms with Crippen LogP contribution in [0.15, 0.2) is 0 Å². The molecule has 2 unspecified atom stereocenters. The lowest BCUT2D eigenvalue weighted by Crippen LogP contribution is -2.53. The number of amides is 1. The standard InChI is InChI=1S/C17H31N3O/c1-13(17(21)19-15-6-7-15)20-12-4-2-3-5-16(20)14-8-10-18-11-9-14/h13-16,18H,2-12H2,1H3,(H,19,21). The summed E-state index contributed by atoms with van der Waals surface area (Å²) in [5, 5.41) is 6.67. The van der Waals surface area contributed by atoms with Gasteiger partial charge in [0.05, 0.1) is 6.04 Å². The van der Waals surface area contributed by atoms with Crippen molar-refractivity contribution in [2.45, 2.75) is 76.4 Å². The molecule has 1 saturated carbocycles. The van der Waals surface area contributed by atoms with Crippen LogP contribution in [0, 0.1) is 5.92 Å². The quantitative estimate of drug-likeness (QED) is 0.832. The molecule has 1 aliphatic carbocycles. The molecular weight excluding hydrogens is 262 g/mol. The maximum Gasteiger partial charge on any atom is 0.237 e. The van der Waals surface area contributed by atoms with Gasteiger partial charge in [0.25, 0.3) is 0 Å². The van der Waals surface area contributed by atoms with Crippen molar-refractivity contribution in [3.05, 3.63) is 0 Å². The Balaban J connectivity index is 1.66. The van der Waals surface area contributed by atoms with Gasteiger partial charge in [0.2, 0.25) is 5.91 Å². The van der Waals surface area contributed by atoms with E-state index in [1.807, 2.05) is 0 Å². The molecule has 3 rings (SSSR count). The lowest BCUT2D eigenvalue weighted by atomic mass is 9.86. The van der Waals surface area contributed by atoms with Crippen LogP contribution in [0.3, 0.4) is 0 Å². The number of rotatable bonds is 4. The van der Waals surface area contributed by atoms with Gasteiger partial charge in [-0.1, -0.05) is 12.8 Å². The molecule has 1 amide bonds. The van der Waals surface area contributed by atoms with Gasteiger partial charge in [-0.25, -0.2) is 0 Å². The molecule has 2 heterocycles. The van der Waals surface area contributed by atoms with Gasteiger partial charge in [-0.3, -0.25) is 9.69 Å². The molecule has 2 N–H and O–H groups in total. The molecule has 4 heteroatoms. The van der Waals surface area contributed by atoms with Crippen LogP contribution in [0.4, 0.5) is 0 Å². The Morgan fingerprint density at radius 2 is 1.86 bits per heavy atom.